The molecule has 0 aliphatic carbocycles. The van der Waals surface area contributed by atoms with Crippen molar-refractivity contribution in [3.63, 3.8) is 0 Å². The number of nitrogens with zero attached hydrogens (tertiary/aromatic N) is 1. The third-order valence-corrected chi connectivity index (χ3v) is 2.25. The van der Waals surface area contributed by atoms with Crippen molar-refractivity contribution in [2.75, 3.05) is 0 Å². The third-order valence-electron chi connectivity index (χ3n) is 1.32. The Labute approximate surface area is 90.4 Å². The van der Waals surface area contributed by atoms with Gasteiger partial charge in [0, 0.05) is 6.20 Å². The normalized spacial score (nSPS) is 11.5. The highest BCUT2D eigenvalue weighted by Gasteiger charge is 2.32. The maximum atomic E-state index is 12.3. The summed E-state index contributed by atoms with van der Waals surface area (Å²) in [6.45, 7) is -1.04. The van der Waals surface area contributed by atoms with Gasteiger partial charge in [0.1, 0.15) is 16.1 Å². The first-order valence-electron chi connectivity index (χ1n) is 3.39. The molecule has 0 aromatic carbocycles. The summed E-state index contributed by atoms with van der Waals surface area (Å²) in [7, 11) is 0. The van der Waals surface area contributed by atoms with E-state index in [-0.39, 0.29) is 9.26 Å². The number of hydrogen-bond donors (Lipinski definition) is 0. The van der Waals surface area contributed by atoms with Crippen molar-refractivity contribution in [3.05, 3.63) is 21.5 Å². The second kappa shape index (κ2) is 4.28. The largest absolute Gasteiger partial charge is 0.573 e. The lowest BCUT2D eigenvalue weighted by atomic mass is 10.3. The fraction of sp³-hybridized carbons (Fsp3) is 0.286. The average molecular weight is 321 g/mol. The van der Waals surface area contributed by atoms with E-state index in [4.69, 9.17) is 0 Å². The molecule has 0 N–H and O–H groups in total. The van der Waals surface area contributed by atoms with Gasteiger partial charge in [0.15, 0.2) is 0 Å². The van der Waals surface area contributed by atoms with Crippen molar-refractivity contribution in [2.24, 2.45) is 0 Å². The second-order valence-corrected chi connectivity index (χ2v) is 3.28. The maximum absolute atomic E-state index is 12.3. The molecule has 0 radical (unpaired) electrons. The fourth-order valence-corrected chi connectivity index (χ4v) is 1.36. The van der Waals surface area contributed by atoms with Crippen molar-refractivity contribution in [1.82, 2.24) is 4.98 Å². The summed E-state index contributed by atoms with van der Waals surface area (Å²) in [5.41, 5.74) is -0.189. The Bertz CT molecular complexity index is 328. The Morgan fingerprint density at radius 3 is 2.57 bits per heavy atom. The zero-order valence-corrected chi connectivity index (χ0v) is 8.76. The summed E-state index contributed by atoms with van der Waals surface area (Å²) in [5.74, 6) is -0.542. The molecule has 1 aromatic heterocycles. The molecule has 0 atom stereocenters. The Balaban J connectivity index is 3.02. The molecule has 1 rings (SSSR count). The van der Waals surface area contributed by atoms with Gasteiger partial charge < -0.3 is 4.74 Å². The SMILES string of the molecule is FCc1c(OC(F)(F)F)ccnc1I. The van der Waals surface area contributed by atoms with Crippen LogP contribution in [0.4, 0.5) is 17.6 Å². The molecule has 0 saturated heterocycles. The number of pyridine rings is 1. The Morgan fingerprint density at radius 2 is 2.07 bits per heavy atom. The van der Waals surface area contributed by atoms with Gasteiger partial charge in [-0.3, -0.25) is 0 Å². The predicted octanol–water partition coefficient (Wildman–Crippen LogP) is 3.05. The number of aromatic nitrogens is 1. The second-order valence-electron chi connectivity index (χ2n) is 2.26. The highest BCUT2D eigenvalue weighted by Crippen LogP contribution is 2.28. The topological polar surface area (TPSA) is 22.1 Å². The number of hydrogen-bond acceptors (Lipinski definition) is 2. The maximum Gasteiger partial charge on any atom is 0.573 e. The van der Waals surface area contributed by atoms with E-state index >= 15 is 0 Å². The van der Waals surface area contributed by atoms with Crippen LogP contribution in [-0.2, 0) is 6.67 Å². The molecule has 0 fully saturated rings. The molecule has 14 heavy (non-hydrogen) atoms. The van der Waals surface area contributed by atoms with Crippen molar-refractivity contribution in [3.8, 4) is 5.75 Å². The van der Waals surface area contributed by atoms with E-state index in [1.807, 2.05) is 0 Å². The van der Waals surface area contributed by atoms with Crippen LogP contribution in [0.5, 0.6) is 5.75 Å². The van der Waals surface area contributed by atoms with Gasteiger partial charge in [-0.05, 0) is 28.7 Å². The van der Waals surface area contributed by atoms with Gasteiger partial charge in [-0.1, -0.05) is 0 Å². The molecule has 0 spiro atoms. The van der Waals surface area contributed by atoms with Crippen LogP contribution in [0, 0.1) is 3.70 Å². The van der Waals surface area contributed by atoms with Crippen LogP contribution in [0.3, 0.4) is 0 Å². The van der Waals surface area contributed by atoms with Crippen LogP contribution in [0.15, 0.2) is 12.3 Å². The number of rotatable bonds is 2. The Morgan fingerprint density at radius 1 is 1.43 bits per heavy atom. The molecular formula is C7H4F4INO. The van der Waals surface area contributed by atoms with Crippen molar-refractivity contribution >= 4 is 22.6 Å². The summed E-state index contributed by atoms with van der Waals surface area (Å²) < 4.78 is 51.6. The van der Waals surface area contributed by atoms with Gasteiger partial charge in [-0.15, -0.1) is 13.2 Å². The van der Waals surface area contributed by atoms with Crippen molar-refractivity contribution < 1.29 is 22.3 Å². The molecule has 2 nitrogen and oxygen atoms in total. The summed E-state index contributed by atoms with van der Waals surface area (Å²) in [5, 5.41) is 0. The number of halogens is 5. The number of alkyl halides is 4. The lowest BCUT2D eigenvalue weighted by Crippen LogP contribution is -2.18. The van der Waals surface area contributed by atoms with Crippen LogP contribution in [0.25, 0.3) is 0 Å². The lowest BCUT2D eigenvalue weighted by molar-refractivity contribution is -0.275. The summed E-state index contributed by atoms with van der Waals surface area (Å²) in [4.78, 5) is 3.64. The van der Waals surface area contributed by atoms with E-state index in [0.29, 0.717) is 0 Å². The van der Waals surface area contributed by atoms with E-state index in [9.17, 15) is 17.6 Å². The third kappa shape index (κ3) is 2.96. The molecule has 1 heterocycles. The van der Waals surface area contributed by atoms with E-state index in [0.717, 1.165) is 12.3 Å². The zero-order chi connectivity index (χ0) is 10.8. The minimum absolute atomic E-state index is 0.159. The smallest absolute Gasteiger partial charge is 0.405 e. The van der Waals surface area contributed by atoms with Gasteiger partial charge in [-0.2, -0.15) is 0 Å². The quantitative estimate of drug-likeness (QED) is 0.474. The van der Waals surface area contributed by atoms with Gasteiger partial charge in [0.25, 0.3) is 0 Å². The first kappa shape index (κ1) is 11.5. The standard InChI is InChI=1S/C7H4F4INO/c8-3-4-5(14-7(9,10)11)1-2-13-6(4)12/h1-2H,3H2. The molecule has 0 saturated carbocycles. The molecule has 0 amide bonds. The van der Waals surface area contributed by atoms with Crippen LogP contribution in [0.1, 0.15) is 5.56 Å². The molecule has 0 bridgehead atoms. The van der Waals surface area contributed by atoms with E-state index < -0.39 is 18.8 Å². The monoisotopic (exact) mass is 321 g/mol. The van der Waals surface area contributed by atoms with Crippen LogP contribution in [0.2, 0.25) is 0 Å². The number of ether oxygens (including phenoxy) is 1. The summed E-state index contributed by atoms with van der Waals surface area (Å²) in [6, 6.07) is 0.977. The lowest BCUT2D eigenvalue weighted by Gasteiger charge is -2.11. The van der Waals surface area contributed by atoms with E-state index in [1.54, 1.807) is 22.6 Å². The van der Waals surface area contributed by atoms with Gasteiger partial charge in [0.2, 0.25) is 0 Å². The van der Waals surface area contributed by atoms with Gasteiger partial charge >= 0.3 is 6.36 Å². The molecule has 0 aliphatic heterocycles. The minimum Gasteiger partial charge on any atom is -0.405 e. The van der Waals surface area contributed by atoms with Gasteiger partial charge in [0.05, 0.1) is 5.56 Å². The fourth-order valence-electron chi connectivity index (χ4n) is 0.792. The van der Waals surface area contributed by atoms with Crippen molar-refractivity contribution in [2.45, 2.75) is 13.0 Å². The van der Waals surface area contributed by atoms with Crippen molar-refractivity contribution in [1.29, 1.82) is 0 Å². The molecule has 1 aromatic rings. The molecular weight excluding hydrogens is 317 g/mol. The predicted molar refractivity (Wildman–Crippen MR) is 48.4 cm³/mol. The zero-order valence-electron chi connectivity index (χ0n) is 6.61. The first-order valence-corrected chi connectivity index (χ1v) is 4.47. The van der Waals surface area contributed by atoms with E-state index in [1.165, 1.54) is 0 Å². The first-order chi connectivity index (χ1) is 6.44. The van der Waals surface area contributed by atoms with Crippen LogP contribution < -0.4 is 4.74 Å². The Kier molecular flexibility index (Phi) is 3.51. The highest BCUT2D eigenvalue weighted by molar-refractivity contribution is 14.1. The van der Waals surface area contributed by atoms with Crippen LogP contribution in [-0.4, -0.2) is 11.3 Å². The van der Waals surface area contributed by atoms with Crippen LogP contribution >= 0.6 is 22.6 Å². The van der Waals surface area contributed by atoms with E-state index in [2.05, 4.69) is 9.72 Å². The molecule has 0 unspecified atom stereocenters. The summed E-state index contributed by atoms with van der Waals surface area (Å²) in [6.07, 6.45) is -3.68. The summed E-state index contributed by atoms with van der Waals surface area (Å²) >= 11 is 1.64. The van der Waals surface area contributed by atoms with Gasteiger partial charge in [-0.25, -0.2) is 9.37 Å². The highest BCUT2D eigenvalue weighted by atomic mass is 127. The Hall–Kier alpha value is -0.600. The molecule has 0 aliphatic rings. The minimum atomic E-state index is -4.81. The average Bonchev–Trinajstić information content (AvgIpc) is 2.01. The molecule has 78 valence electrons. The molecule has 7 heteroatoms.